The molecule has 7 nitrogen and oxygen atoms in total. The summed E-state index contributed by atoms with van der Waals surface area (Å²) in [6.45, 7) is 4.60. The molecule has 0 atom stereocenters. The van der Waals surface area contributed by atoms with E-state index in [0.717, 1.165) is 11.3 Å². The van der Waals surface area contributed by atoms with Crippen LogP contribution in [0.2, 0.25) is 15.1 Å². The third kappa shape index (κ3) is 5.84. The molecule has 0 aliphatic carbocycles. The van der Waals surface area contributed by atoms with E-state index in [1.165, 1.54) is 28.4 Å². The smallest absolute Gasteiger partial charge is 0.283 e. The summed E-state index contributed by atoms with van der Waals surface area (Å²) in [4.78, 5) is 16.9. The number of halogens is 3. The highest BCUT2D eigenvalue weighted by Gasteiger charge is 2.36. The molecule has 0 fully saturated rings. The molecule has 0 radical (unpaired) electrons. The first-order valence-electron chi connectivity index (χ1n) is 11.8. The Labute approximate surface area is 244 Å². The number of hydrogen-bond donors (Lipinski definition) is 1. The van der Waals surface area contributed by atoms with Gasteiger partial charge in [0, 0.05) is 5.56 Å². The maximum Gasteiger partial charge on any atom is 0.283 e. The number of benzene rings is 3. The van der Waals surface area contributed by atoms with Gasteiger partial charge < -0.3 is 9.47 Å². The van der Waals surface area contributed by atoms with Crippen molar-refractivity contribution in [2.45, 2.75) is 13.8 Å². The van der Waals surface area contributed by atoms with E-state index >= 15 is 0 Å². The van der Waals surface area contributed by atoms with Crippen LogP contribution in [0.3, 0.4) is 0 Å². The molecule has 1 amide bonds. The van der Waals surface area contributed by atoms with Gasteiger partial charge in [0.15, 0.2) is 11.6 Å². The van der Waals surface area contributed by atoms with Crippen LogP contribution >= 0.6 is 46.6 Å². The van der Waals surface area contributed by atoms with Crippen molar-refractivity contribution >= 4 is 74.6 Å². The summed E-state index contributed by atoms with van der Waals surface area (Å²) in [7, 11) is 0. The lowest BCUT2D eigenvalue weighted by Gasteiger charge is -2.20. The van der Waals surface area contributed by atoms with Crippen LogP contribution in [-0.2, 0) is 4.79 Å². The Balaban J connectivity index is 1.29. The van der Waals surface area contributed by atoms with E-state index in [2.05, 4.69) is 10.1 Å². The fraction of sp³-hybridized carbons (Fsp3) is 0.143. The lowest BCUT2D eigenvalue weighted by molar-refractivity contribution is -0.114. The Morgan fingerprint density at radius 3 is 2.38 bits per heavy atom. The molecular weight excluding hydrogens is 579 g/mol. The monoisotopic (exact) mass is 598 g/mol. The van der Waals surface area contributed by atoms with Crippen molar-refractivity contribution in [3.05, 3.63) is 97.5 Å². The highest BCUT2D eigenvalue weighted by Crippen LogP contribution is 2.36. The van der Waals surface area contributed by atoms with E-state index < -0.39 is 5.91 Å². The number of carbonyl (C=O) groups is 1. The number of amides is 1. The van der Waals surface area contributed by atoms with Crippen molar-refractivity contribution in [2.75, 3.05) is 13.2 Å². The Bertz CT molecular complexity index is 1580. The summed E-state index contributed by atoms with van der Waals surface area (Å²) < 4.78 is 11.5. The standard InChI is InChI=1S/C28H21Cl3N4O3S/c1-15-7-8-18(11-16(15)2)37-9-10-38-24-22(30)13-17(14-23(24)31)12-20-25(32)35-28(33-26(20)36)39-27(34-35)19-5-3-4-6-21(19)29/h3-8,11-14,32H,9-10H2,1-2H3/b20-12-,32-25?. The number of nitrogens with zero attached hydrogens (tertiary/aromatic N) is 3. The van der Waals surface area contributed by atoms with E-state index in [1.807, 2.05) is 50.2 Å². The maximum absolute atomic E-state index is 12.8. The SMILES string of the molecule is Cc1ccc(OCCOc2c(Cl)cc(/C=C3/C(=N)N4N=C(c5ccccc5Cl)SC4=NC3=O)cc2Cl)cc1C. The highest BCUT2D eigenvalue weighted by atomic mass is 35.5. The Hall–Kier alpha value is -3.30. The molecule has 3 aromatic carbocycles. The first-order valence-corrected chi connectivity index (χ1v) is 13.7. The zero-order valence-corrected chi connectivity index (χ0v) is 23.9. The molecule has 2 aliphatic rings. The maximum atomic E-state index is 12.8. The average molecular weight is 600 g/mol. The van der Waals surface area contributed by atoms with Crippen molar-refractivity contribution < 1.29 is 14.3 Å². The molecule has 39 heavy (non-hydrogen) atoms. The molecule has 3 aromatic rings. The molecule has 198 valence electrons. The predicted octanol–water partition coefficient (Wildman–Crippen LogP) is 7.39. The summed E-state index contributed by atoms with van der Waals surface area (Å²) in [6.07, 6.45) is 1.50. The number of fused-ring (bicyclic) bond motifs is 1. The van der Waals surface area contributed by atoms with E-state index in [1.54, 1.807) is 18.2 Å². The Morgan fingerprint density at radius 1 is 0.949 bits per heavy atom. The summed E-state index contributed by atoms with van der Waals surface area (Å²) in [6, 6.07) is 16.3. The molecule has 5 rings (SSSR count). The van der Waals surface area contributed by atoms with Crippen LogP contribution in [0, 0.1) is 19.3 Å². The van der Waals surface area contributed by atoms with Gasteiger partial charge in [0.2, 0.25) is 5.17 Å². The number of aliphatic imine (C=N–C) groups is 1. The van der Waals surface area contributed by atoms with Crippen LogP contribution < -0.4 is 9.47 Å². The second kappa shape index (κ2) is 11.4. The molecule has 0 aromatic heterocycles. The summed E-state index contributed by atoms with van der Waals surface area (Å²) in [5.74, 6) is 0.381. The van der Waals surface area contributed by atoms with Gasteiger partial charge in [0.25, 0.3) is 5.91 Å². The zero-order valence-electron chi connectivity index (χ0n) is 20.8. The fourth-order valence-corrected chi connectivity index (χ4v) is 5.63. The van der Waals surface area contributed by atoms with E-state index in [4.69, 9.17) is 49.7 Å². The van der Waals surface area contributed by atoms with E-state index in [0.29, 0.717) is 38.7 Å². The van der Waals surface area contributed by atoms with Gasteiger partial charge in [-0.3, -0.25) is 10.2 Å². The van der Waals surface area contributed by atoms with E-state index in [-0.39, 0.29) is 28.1 Å². The van der Waals surface area contributed by atoms with Crippen LogP contribution in [0.25, 0.3) is 6.08 Å². The summed E-state index contributed by atoms with van der Waals surface area (Å²) in [5, 5.41) is 16.3. The van der Waals surface area contributed by atoms with Crippen molar-refractivity contribution in [3.8, 4) is 11.5 Å². The highest BCUT2D eigenvalue weighted by molar-refractivity contribution is 8.27. The largest absolute Gasteiger partial charge is 0.490 e. The van der Waals surface area contributed by atoms with Crippen LogP contribution in [0.15, 0.2) is 70.3 Å². The van der Waals surface area contributed by atoms with Crippen molar-refractivity contribution in [3.63, 3.8) is 0 Å². The minimum atomic E-state index is -0.564. The van der Waals surface area contributed by atoms with Gasteiger partial charge in [0.05, 0.1) is 20.6 Å². The summed E-state index contributed by atoms with van der Waals surface area (Å²) in [5.41, 5.74) is 3.59. The van der Waals surface area contributed by atoms with Gasteiger partial charge in [0.1, 0.15) is 24.0 Å². The number of carbonyl (C=O) groups excluding carboxylic acids is 1. The zero-order chi connectivity index (χ0) is 27.7. The number of hydrazone groups is 1. The number of thioether (sulfide) groups is 1. The quantitative estimate of drug-likeness (QED) is 0.226. The Morgan fingerprint density at radius 2 is 1.67 bits per heavy atom. The fourth-order valence-electron chi connectivity index (χ4n) is 3.81. The molecule has 0 saturated heterocycles. The molecule has 0 unspecified atom stereocenters. The van der Waals surface area contributed by atoms with Crippen LogP contribution in [0.5, 0.6) is 11.5 Å². The topological polar surface area (TPSA) is 87.3 Å². The molecule has 2 aliphatic heterocycles. The molecule has 0 spiro atoms. The number of ether oxygens (including phenoxy) is 2. The molecule has 0 bridgehead atoms. The number of hydrogen-bond acceptors (Lipinski definition) is 6. The van der Waals surface area contributed by atoms with Gasteiger partial charge in [-0.1, -0.05) is 59.1 Å². The second-order valence-electron chi connectivity index (χ2n) is 8.66. The number of nitrogens with one attached hydrogen (secondary N) is 1. The van der Waals surface area contributed by atoms with Crippen LogP contribution in [-0.4, -0.2) is 40.2 Å². The lowest BCUT2D eigenvalue weighted by Crippen LogP contribution is -2.35. The van der Waals surface area contributed by atoms with Gasteiger partial charge >= 0.3 is 0 Å². The van der Waals surface area contributed by atoms with Gasteiger partial charge in [-0.05, 0) is 78.7 Å². The third-order valence-electron chi connectivity index (χ3n) is 5.97. The minimum Gasteiger partial charge on any atom is -0.490 e. The first-order chi connectivity index (χ1) is 18.7. The van der Waals surface area contributed by atoms with Crippen molar-refractivity contribution in [1.82, 2.24) is 5.01 Å². The number of aryl methyl sites for hydroxylation is 2. The minimum absolute atomic E-state index is 0.0473. The van der Waals surface area contributed by atoms with Crippen molar-refractivity contribution in [1.29, 1.82) is 5.41 Å². The van der Waals surface area contributed by atoms with Gasteiger partial charge in [-0.25, -0.2) is 0 Å². The van der Waals surface area contributed by atoms with Crippen LogP contribution in [0.4, 0.5) is 0 Å². The average Bonchev–Trinajstić information content (AvgIpc) is 3.32. The molecule has 0 saturated carbocycles. The van der Waals surface area contributed by atoms with Crippen LogP contribution in [0.1, 0.15) is 22.3 Å². The normalized spacial score (nSPS) is 15.8. The third-order valence-corrected chi connectivity index (χ3v) is 7.80. The summed E-state index contributed by atoms with van der Waals surface area (Å²) >= 11 is 20.4. The van der Waals surface area contributed by atoms with E-state index in [9.17, 15) is 4.79 Å². The van der Waals surface area contributed by atoms with Crippen molar-refractivity contribution in [2.24, 2.45) is 10.1 Å². The lowest BCUT2D eigenvalue weighted by atomic mass is 10.1. The Kier molecular flexibility index (Phi) is 8.00. The number of amidine groups is 2. The van der Waals surface area contributed by atoms with Gasteiger partial charge in [-0.15, -0.1) is 0 Å². The molecule has 1 N–H and O–H groups in total. The second-order valence-corrected chi connectivity index (χ2v) is 10.8. The molecule has 11 heteroatoms. The van der Waals surface area contributed by atoms with Gasteiger partial charge in [-0.2, -0.15) is 15.1 Å². The number of rotatable bonds is 7. The molecular formula is C28H21Cl3N4O3S. The first kappa shape index (κ1) is 27.3. The molecule has 2 heterocycles. The predicted molar refractivity (Wildman–Crippen MR) is 159 cm³/mol.